The molecule has 2 rings (SSSR count). The molecule has 7 heteroatoms. The smallest absolute Gasteiger partial charge is 0.416 e. The van der Waals surface area contributed by atoms with Gasteiger partial charge in [-0.1, -0.05) is 12.1 Å². The molecule has 0 aromatic heterocycles. The van der Waals surface area contributed by atoms with Crippen LogP contribution in [0.3, 0.4) is 0 Å². The monoisotopic (exact) mass is 449 g/mol. The Balaban J connectivity index is 2.06. The number of hydrogen-bond acceptors (Lipinski definition) is 2. The van der Waals surface area contributed by atoms with Gasteiger partial charge in [-0.3, -0.25) is 4.79 Å². The summed E-state index contributed by atoms with van der Waals surface area (Å²) in [5.41, 5.74) is 0.110. The van der Waals surface area contributed by atoms with Crippen LogP contribution in [0.1, 0.15) is 18.1 Å². The van der Waals surface area contributed by atoms with E-state index in [-0.39, 0.29) is 18.0 Å². The molecule has 0 fully saturated rings. The number of alkyl halides is 3. The summed E-state index contributed by atoms with van der Waals surface area (Å²) in [5.74, 6) is 0.325. The van der Waals surface area contributed by atoms with Crippen molar-refractivity contribution in [3.63, 3.8) is 0 Å². The second kappa shape index (κ2) is 7.87. The number of rotatable bonds is 5. The lowest BCUT2D eigenvalue weighted by atomic mass is 10.1. The molecular weight excluding hydrogens is 434 g/mol. The van der Waals surface area contributed by atoms with Crippen LogP contribution >= 0.6 is 22.6 Å². The van der Waals surface area contributed by atoms with E-state index in [2.05, 4.69) is 5.32 Å². The average molecular weight is 449 g/mol. The molecule has 0 aliphatic rings. The second-order valence-corrected chi connectivity index (χ2v) is 6.16. The van der Waals surface area contributed by atoms with E-state index < -0.39 is 11.7 Å². The Labute approximate surface area is 151 Å². The highest BCUT2D eigenvalue weighted by molar-refractivity contribution is 14.1. The molecule has 0 saturated heterocycles. The van der Waals surface area contributed by atoms with E-state index in [0.29, 0.717) is 15.9 Å². The van der Waals surface area contributed by atoms with Crippen LogP contribution in [0.15, 0.2) is 42.5 Å². The van der Waals surface area contributed by atoms with Gasteiger partial charge in [0.1, 0.15) is 5.75 Å². The van der Waals surface area contributed by atoms with Crippen LogP contribution in [0.25, 0.3) is 0 Å². The van der Waals surface area contributed by atoms with Crippen LogP contribution in [0.4, 0.5) is 18.9 Å². The van der Waals surface area contributed by atoms with Crippen molar-refractivity contribution in [2.45, 2.75) is 19.5 Å². The second-order valence-electron chi connectivity index (χ2n) is 4.99. The zero-order valence-corrected chi connectivity index (χ0v) is 14.9. The van der Waals surface area contributed by atoms with Crippen molar-refractivity contribution in [1.82, 2.24) is 0 Å². The third kappa shape index (κ3) is 5.12. The Bertz CT molecular complexity index is 715. The summed E-state index contributed by atoms with van der Waals surface area (Å²) in [6.07, 6.45) is -4.38. The molecule has 0 heterocycles. The molecule has 24 heavy (non-hydrogen) atoms. The predicted molar refractivity (Wildman–Crippen MR) is 94.1 cm³/mol. The van der Waals surface area contributed by atoms with Gasteiger partial charge in [0.05, 0.1) is 24.3 Å². The maximum Gasteiger partial charge on any atom is 0.416 e. The first-order valence-electron chi connectivity index (χ1n) is 7.18. The third-order valence-corrected chi connectivity index (χ3v) is 4.11. The van der Waals surface area contributed by atoms with Crippen LogP contribution in [0, 0.1) is 3.57 Å². The van der Waals surface area contributed by atoms with Gasteiger partial charge < -0.3 is 10.1 Å². The molecule has 1 N–H and O–H groups in total. The zero-order chi connectivity index (χ0) is 17.7. The summed E-state index contributed by atoms with van der Waals surface area (Å²) in [6.45, 7) is 2.42. The Morgan fingerprint density at radius 3 is 2.42 bits per heavy atom. The van der Waals surface area contributed by atoms with Crippen LogP contribution in [-0.4, -0.2) is 12.5 Å². The fraction of sp³-hybridized carbons (Fsp3) is 0.235. The molecule has 2 aromatic carbocycles. The molecule has 3 nitrogen and oxygen atoms in total. The van der Waals surface area contributed by atoms with Gasteiger partial charge in [-0.15, -0.1) is 0 Å². The van der Waals surface area contributed by atoms with Crippen molar-refractivity contribution in [2.75, 3.05) is 11.9 Å². The summed E-state index contributed by atoms with van der Waals surface area (Å²) < 4.78 is 44.1. The van der Waals surface area contributed by atoms with Gasteiger partial charge in [-0.2, -0.15) is 13.2 Å². The Morgan fingerprint density at radius 2 is 1.83 bits per heavy atom. The van der Waals surface area contributed by atoms with Gasteiger partial charge in [0.15, 0.2) is 0 Å². The third-order valence-electron chi connectivity index (χ3n) is 3.17. The summed E-state index contributed by atoms with van der Waals surface area (Å²) in [6, 6.07) is 10.3. The lowest BCUT2D eigenvalue weighted by molar-refractivity contribution is -0.137. The Hall–Kier alpha value is -1.77. The maximum atomic E-state index is 12.8. The molecule has 0 atom stereocenters. The van der Waals surface area contributed by atoms with E-state index in [4.69, 9.17) is 4.74 Å². The lowest BCUT2D eigenvalue weighted by Crippen LogP contribution is -2.16. The van der Waals surface area contributed by atoms with E-state index in [1.807, 2.05) is 29.5 Å². The fourth-order valence-corrected chi connectivity index (χ4v) is 2.52. The number of nitrogens with one attached hydrogen (secondary N) is 1. The first-order valence-corrected chi connectivity index (χ1v) is 8.26. The number of carbonyl (C=O) groups excluding carboxylic acids is 1. The van der Waals surface area contributed by atoms with Gasteiger partial charge >= 0.3 is 6.18 Å². The van der Waals surface area contributed by atoms with Crippen molar-refractivity contribution in [3.8, 4) is 5.75 Å². The topological polar surface area (TPSA) is 38.3 Å². The van der Waals surface area contributed by atoms with Crippen LogP contribution in [0.5, 0.6) is 5.75 Å². The normalized spacial score (nSPS) is 11.2. The van der Waals surface area contributed by atoms with Crippen molar-refractivity contribution in [2.24, 2.45) is 0 Å². The minimum absolute atomic E-state index is 0.0682. The number of ether oxygens (including phenoxy) is 1. The lowest BCUT2D eigenvalue weighted by Gasteiger charge is -2.12. The van der Waals surface area contributed by atoms with Gasteiger partial charge in [0.25, 0.3) is 0 Å². The summed E-state index contributed by atoms with van der Waals surface area (Å²) in [4.78, 5) is 12.1. The maximum absolute atomic E-state index is 12.8. The molecule has 1 amide bonds. The number of halogens is 4. The first kappa shape index (κ1) is 18.6. The van der Waals surface area contributed by atoms with Gasteiger partial charge in [-0.25, -0.2) is 0 Å². The molecule has 128 valence electrons. The van der Waals surface area contributed by atoms with Crippen LogP contribution in [0.2, 0.25) is 0 Å². The standard InChI is InChI=1S/C17H15F3INO2/c1-2-24-13-6-3-11(4-7-13)9-16(23)22-15-10-12(17(18,19)20)5-8-14(15)21/h3-8,10H,2,9H2,1H3,(H,22,23). The number of hydrogen-bond donors (Lipinski definition) is 1. The summed E-state index contributed by atoms with van der Waals surface area (Å²) >= 11 is 1.88. The number of carbonyl (C=O) groups is 1. The van der Waals surface area contributed by atoms with Crippen molar-refractivity contribution < 1.29 is 22.7 Å². The Morgan fingerprint density at radius 1 is 1.17 bits per heavy atom. The number of anilines is 1. The molecular formula is C17H15F3INO2. The summed E-state index contributed by atoms with van der Waals surface area (Å²) in [7, 11) is 0. The SMILES string of the molecule is CCOc1ccc(CC(=O)Nc2cc(C(F)(F)F)ccc2I)cc1. The molecule has 0 bridgehead atoms. The van der Waals surface area contributed by atoms with Gasteiger partial charge in [0, 0.05) is 3.57 Å². The van der Waals surface area contributed by atoms with E-state index in [0.717, 1.165) is 17.7 Å². The van der Waals surface area contributed by atoms with E-state index in [9.17, 15) is 18.0 Å². The highest BCUT2D eigenvalue weighted by Gasteiger charge is 2.31. The predicted octanol–water partition coefficient (Wildman–Crippen LogP) is 4.89. The zero-order valence-electron chi connectivity index (χ0n) is 12.8. The molecule has 0 aliphatic heterocycles. The molecule has 0 saturated carbocycles. The van der Waals surface area contributed by atoms with E-state index in [1.54, 1.807) is 24.3 Å². The number of amides is 1. The van der Waals surface area contributed by atoms with Gasteiger partial charge in [0.2, 0.25) is 5.91 Å². The van der Waals surface area contributed by atoms with Crippen LogP contribution < -0.4 is 10.1 Å². The van der Waals surface area contributed by atoms with Crippen molar-refractivity contribution in [1.29, 1.82) is 0 Å². The Kier molecular flexibility index (Phi) is 6.09. The largest absolute Gasteiger partial charge is 0.494 e. The minimum atomic E-state index is -4.45. The minimum Gasteiger partial charge on any atom is -0.494 e. The fourth-order valence-electron chi connectivity index (χ4n) is 2.05. The summed E-state index contributed by atoms with van der Waals surface area (Å²) in [5, 5.41) is 2.53. The number of benzene rings is 2. The quantitative estimate of drug-likeness (QED) is 0.661. The van der Waals surface area contributed by atoms with Crippen LogP contribution in [-0.2, 0) is 17.4 Å². The highest BCUT2D eigenvalue weighted by Crippen LogP contribution is 2.32. The van der Waals surface area contributed by atoms with E-state index >= 15 is 0 Å². The molecule has 0 spiro atoms. The van der Waals surface area contributed by atoms with E-state index in [1.165, 1.54) is 6.07 Å². The van der Waals surface area contributed by atoms with Gasteiger partial charge in [-0.05, 0) is 65.4 Å². The van der Waals surface area contributed by atoms with Crippen molar-refractivity contribution >= 4 is 34.2 Å². The molecule has 2 aromatic rings. The molecule has 0 aliphatic carbocycles. The highest BCUT2D eigenvalue weighted by atomic mass is 127. The first-order chi connectivity index (χ1) is 11.3. The molecule has 0 unspecified atom stereocenters. The average Bonchev–Trinajstić information content (AvgIpc) is 2.50. The molecule has 0 radical (unpaired) electrons. The van der Waals surface area contributed by atoms with Crippen molar-refractivity contribution in [3.05, 3.63) is 57.2 Å².